The van der Waals surface area contributed by atoms with Crippen LogP contribution < -0.4 is 5.32 Å². The molecule has 1 atom stereocenters. The molecule has 3 aromatic rings. The summed E-state index contributed by atoms with van der Waals surface area (Å²) in [4.78, 5) is 42.4. The van der Waals surface area contributed by atoms with Crippen LogP contribution in [0.5, 0.6) is 0 Å². The van der Waals surface area contributed by atoms with Gasteiger partial charge in [-0.3, -0.25) is 14.4 Å². The Balaban J connectivity index is 1.37. The van der Waals surface area contributed by atoms with E-state index in [4.69, 9.17) is 0 Å². The predicted octanol–water partition coefficient (Wildman–Crippen LogP) is 5.01. The third-order valence-corrected chi connectivity index (χ3v) is 10.2. The van der Waals surface area contributed by atoms with Crippen molar-refractivity contribution in [1.82, 2.24) is 14.5 Å². The third kappa shape index (κ3) is 7.16. The molecule has 9 heteroatoms. The Morgan fingerprint density at radius 2 is 1.63 bits per heavy atom. The van der Waals surface area contributed by atoms with E-state index in [9.17, 15) is 22.8 Å². The van der Waals surface area contributed by atoms with Crippen LogP contribution >= 0.6 is 0 Å². The molecule has 0 bridgehead atoms. The zero-order valence-electron chi connectivity index (χ0n) is 24.6. The van der Waals surface area contributed by atoms with Crippen LogP contribution in [0.15, 0.2) is 83.8 Å². The lowest BCUT2D eigenvalue weighted by Crippen LogP contribution is -2.53. The fourth-order valence-corrected chi connectivity index (χ4v) is 7.68. The Kier molecular flexibility index (Phi) is 9.60. The van der Waals surface area contributed by atoms with Gasteiger partial charge in [0, 0.05) is 32.0 Å². The number of hydrogen-bond acceptors (Lipinski definition) is 5. The summed E-state index contributed by atoms with van der Waals surface area (Å²) in [5.74, 6) is -1.01. The van der Waals surface area contributed by atoms with E-state index in [0.29, 0.717) is 6.42 Å². The Morgan fingerprint density at radius 3 is 2.35 bits per heavy atom. The van der Waals surface area contributed by atoms with E-state index in [1.807, 2.05) is 61.5 Å². The van der Waals surface area contributed by atoms with Gasteiger partial charge in [-0.15, -0.1) is 0 Å². The van der Waals surface area contributed by atoms with Crippen LogP contribution in [-0.4, -0.2) is 54.0 Å². The van der Waals surface area contributed by atoms with Gasteiger partial charge in [0.2, 0.25) is 11.8 Å². The van der Waals surface area contributed by atoms with Crippen LogP contribution in [0, 0.1) is 6.92 Å². The second-order valence-electron chi connectivity index (χ2n) is 11.5. The van der Waals surface area contributed by atoms with Crippen LogP contribution in [0.1, 0.15) is 72.0 Å². The molecule has 1 saturated carbocycles. The first-order chi connectivity index (χ1) is 20.7. The van der Waals surface area contributed by atoms with Crippen molar-refractivity contribution in [2.24, 2.45) is 0 Å². The SMILES string of the molecule is Cc1cccc(CN(C(=O)CCCN2C(=O)c3ccccc3S2(=O)=O)C(Cc2ccccc2)C(=O)NC2CCCCC2)c1. The van der Waals surface area contributed by atoms with Crippen molar-refractivity contribution < 1.29 is 22.8 Å². The summed E-state index contributed by atoms with van der Waals surface area (Å²) < 4.78 is 26.9. The monoisotopic (exact) mass is 601 g/mol. The van der Waals surface area contributed by atoms with E-state index in [1.165, 1.54) is 12.1 Å². The first-order valence-corrected chi connectivity index (χ1v) is 16.5. The van der Waals surface area contributed by atoms with E-state index in [2.05, 4.69) is 5.32 Å². The minimum absolute atomic E-state index is 0.00490. The minimum atomic E-state index is -3.96. The third-order valence-electron chi connectivity index (χ3n) is 8.32. The van der Waals surface area contributed by atoms with Crippen molar-refractivity contribution in [3.63, 3.8) is 0 Å². The Labute approximate surface area is 254 Å². The number of hydrogen-bond donors (Lipinski definition) is 1. The van der Waals surface area contributed by atoms with Gasteiger partial charge >= 0.3 is 0 Å². The van der Waals surface area contributed by atoms with Gasteiger partial charge in [-0.25, -0.2) is 12.7 Å². The van der Waals surface area contributed by atoms with Gasteiger partial charge in [0.05, 0.1) is 5.56 Å². The highest BCUT2D eigenvalue weighted by molar-refractivity contribution is 7.90. The normalized spacial score (nSPS) is 16.9. The lowest BCUT2D eigenvalue weighted by Gasteiger charge is -2.33. The number of nitrogens with zero attached hydrogens (tertiary/aromatic N) is 2. The molecule has 3 amide bonds. The lowest BCUT2D eigenvalue weighted by molar-refractivity contribution is -0.141. The van der Waals surface area contributed by atoms with Crippen molar-refractivity contribution in [3.8, 4) is 0 Å². The standard InChI is InChI=1S/C34H39N3O5S/c1-25-12-10-15-27(22-25)24-36(30(23-26-13-4-2-5-14-26)33(39)35-28-16-6-3-7-17-28)32(38)20-11-21-37-34(40)29-18-8-9-19-31(29)43(37,41)42/h2,4-5,8-10,12-15,18-19,22,28,30H,3,6-7,11,16-17,20-21,23-24H2,1H3,(H,35,39). The maximum atomic E-state index is 14.0. The molecule has 8 nitrogen and oxygen atoms in total. The molecule has 43 heavy (non-hydrogen) atoms. The van der Waals surface area contributed by atoms with Gasteiger partial charge in [-0.1, -0.05) is 91.6 Å². The van der Waals surface area contributed by atoms with Crippen molar-refractivity contribution in [3.05, 3.63) is 101 Å². The summed E-state index contributed by atoms with van der Waals surface area (Å²) in [6.07, 6.45) is 5.65. The predicted molar refractivity (Wildman–Crippen MR) is 165 cm³/mol. The molecule has 226 valence electrons. The Morgan fingerprint density at radius 1 is 0.930 bits per heavy atom. The number of aryl methyl sites for hydroxylation is 1. The molecule has 1 N–H and O–H groups in total. The number of rotatable bonds is 11. The summed E-state index contributed by atoms with van der Waals surface area (Å²) in [6, 6.07) is 23.0. The average Bonchev–Trinajstić information content (AvgIpc) is 3.20. The topological polar surface area (TPSA) is 104 Å². The highest BCUT2D eigenvalue weighted by atomic mass is 32.2. The molecule has 1 fully saturated rings. The molecule has 0 aromatic heterocycles. The molecule has 1 aliphatic heterocycles. The Bertz CT molecular complexity index is 1570. The number of nitrogens with one attached hydrogen (secondary N) is 1. The van der Waals surface area contributed by atoms with Gasteiger partial charge in [-0.2, -0.15) is 0 Å². The van der Waals surface area contributed by atoms with E-state index in [-0.39, 0.29) is 54.2 Å². The maximum absolute atomic E-state index is 14.0. The van der Waals surface area contributed by atoms with E-state index >= 15 is 0 Å². The molecule has 2 aliphatic rings. The second-order valence-corrected chi connectivity index (χ2v) is 13.4. The number of carbonyl (C=O) groups is 3. The van der Waals surface area contributed by atoms with Crippen molar-refractivity contribution in [1.29, 1.82) is 0 Å². The number of fused-ring (bicyclic) bond motifs is 1. The summed E-state index contributed by atoms with van der Waals surface area (Å²) in [6.45, 7) is 2.11. The van der Waals surface area contributed by atoms with Crippen molar-refractivity contribution in [2.75, 3.05) is 6.54 Å². The zero-order valence-corrected chi connectivity index (χ0v) is 25.4. The smallest absolute Gasteiger partial charge is 0.269 e. The summed E-state index contributed by atoms with van der Waals surface area (Å²) in [7, 11) is -3.96. The second kappa shape index (κ2) is 13.5. The zero-order chi connectivity index (χ0) is 30.4. The van der Waals surface area contributed by atoms with Gasteiger partial charge < -0.3 is 10.2 Å². The minimum Gasteiger partial charge on any atom is -0.352 e. The lowest BCUT2D eigenvalue weighted by atomic mass is 9.94. The van der Waals surface area contributed by atoms with Crippen LogP contribution in [0.3, 0.4) is 0 Å². The van der Waals surface area contributed by atoms with Gasteiger partial charge in [0.15, 0.2) is 0 Å². The molecule has 0 radical (unpaired) electrons. The summed E-state index contributed by atoms with van der Waals surface area (Å²) >= 11 is 0. The average molecular weight is 602 g/mol. The summed E-state index contributed by atoms with van der Waals surface area (Å²) in [5, 5.41) is 3.23. The maximum Gasteiger partial charge on any atom is 0.269 e. The van der Waals surface area contributed by atoms with Crippen LogP contribution in [0.4, 0.5) is 0 Å². The number of sulfonamides is 1. The van der Waals surface area contributed by atoms with Crippen molar-refractivity contribution >= 4 is 27.7 Å². The van der Waals surface area contributed by atoms with Crippen LogP contribution in [-0.2, 0) is 32.6 Å². The highest BCUT2D eigenvalue weighted by Crippen LogP contribution is 2.30. The molecule has 1 aliphatic carbocycles. The number of amides is 3. The highest BCUT2D eigenvalue weighted by Gasteiger charge is 2.40. The molecule has 0 saturated heterocycles. The quantitative estimate of drug-likeness (QED) is 0.333. The summed E-state index contributed by atoms with van der Waals surface area (Å²) in [5.41, 5.74) is 3.05. The van der Waals surface area contributed by atoms with Crippen molar-refractivity contribution in [2.45, 2.75) is 81.8 Å². The molecular formula is C34H39N3O5S. The molecule has 1 heterocycles. The number of carbonyl (C=O) groups excluding carboxylic acids is 3. The van der Waals surface area contributed by atoms with Crippen LogP contribution in [0.25, 0.3) is 0 Å². The largest absolute Gasteiger partial charge is 0.352 e. The van der Waals surface area contributed by atoms with Gasteiger partial charge in [0.25, 0.3) is 15.9 Å². The van der Waals surface area contributed by atoms with E-state index in [1.54, 1.807) is 17.0 Å². The molecule has 0 spiro atoms. The van der Waals surface area contributed by atoms with Gasteiger partial charge in [-0.05, 0) is 49.4 Å². The molecule has 3 aromatic carbocycles. The van der Waals surface area contributed by atoms with E-state index in [0.717, 1.165) is 53.1 Å². The molecule has 5 rings (SSSR count). The Hall–Kier alpha value is -3.98. The fraction of sp³-hybridized carbons (Fsp3) is 0.382. The van der Waals surface area contributed by atoms with E-state index < -0.39 is 22.0 Å². The number of benzene rings is 3. The van der Waals surface area contributed by atoms with Gasteiger partial charge in [0.1, 0.15) is 10.9 Å². The molecular weight excluding hydrogens is 562 g/mol. The van der Waals surface area contributed by atoms with Crippen LogP contribution in [0.2, 0.25) is 0 Å². The molecule has 1 unspecified atom stereocenters. The first kappa shape index (κ1) is 30.5. The fourth-order valence-electron chi connectivity index (χ4n) is 6.08. The first-order valence-electron chi connectivity index (χ1n) is 15.1.